The van der Waals surface area contributed by atoms with Gasteiger partial charge in [-0.2, -0.15) is 0 Å². The molecular weight excluding hydrogens is 258 g/mol. The van der Waals surface area contributed by atoms with Crippen LogP contribution in [0.4, 0.5) is 0 Å². The fourth-order valence-electron chi connectivity index (χ4n) is 2.32. The van der Waals surface area contributed by atoms with Crippen LogP contribution < -0.4 is 0 Å². The predicted octanol–water partition coefficient (Wildman–Crippen LogP) is 2.72. The number of rotatable bonds is 4. The van der Waals surface area contributed by atoms with Crippen LogP contribution >= 0.6 is 0 Å². The lowest BCUT2D eigenvalue weighted by molar-refractivity contribution is 0.0650. The lowest BCUT2D eigenvalue weighted by Gasteiger charge is -2.14. The smallest absolute Gasteiger partial charge is 0.393 e. The predicted molar refractivity (Wildman–Crippen MR) is 71.6 cm³/mol. The summed E-state index contributed by atoms with van der Waals surface area (Å²) in [5.74, 6) is -1.28. The minimum Gasteiger partial charge on any atom is -0.474 e. The largest absolute Gasteiger partial charge is 0.474 e. The molecule has 0 fully saturated rings. The van der Waals surface area contributed by atoms with Gasteiger partial charge in [-0.25, -0.2) is 4.79 Å². The third-order valence-electron chi connectivity index (χ3n) is 3.26. The summed E-state index contributed by atoms with van der Waals surface area (Å²) in [5, 5.41) is 17.4. The molecule has 0 saturated carbocycles. The van der Waals surface area contributed by atoms with Gasteiger partial charge in [0.25, 0.3) is 0 Å². The summed E-state index contributed by atoms with van der Waals surface area (Å²) in [7, 11) is 0. The van der Waals surface area contributed by atoms with Gasteiger partial charge in [-0.05, 0) is 23.9 Å². The van der Waals surface area contributed by atoms with Crippen molar-refractivity contribution in [1.29, 1.82) is 0 Å². The number of para-hydroxylation sites is 1. The van der Waals surface area contributed by atoms with Crippen LogP contribution in [0.3, 0.4) is 0 Å². The molecule has 6 nitrogen and oxygen atoms in total. The van der Waals surface area contributed by atoms with Gasteiger partial charge in [-0.1, -0.05) is 25.1 Å². The van der Waals surface area contributed by atoms with E-state index in [0.717, 1.165) is 17.3 Å². The molecule has 1 unspecified atom stereocenters. The quantitative estimate of drug-likeness (QED) is 0.789. The van der Waals surface area contributed by atoms with E-state index in [1.165, 1.54) is 0 Å². The van der Waals surface area contributed by atoms with Crippen LogP contribution in [-0.2, 0) is 0 Å². The Labute approximate surface area is 114 Å². The van der Waals surface area contributed by atoms with Gasteiger partial charge in [0, 0.05) is 11.7 Å². The fraction of sp³-hybridized carbons (Fsp3) is 0.214. The molecule has 20 heavy (non-hydrogen) atoms. The van der Waals surface area contributed by atoms with Crippen molar-refractivity contribution in [2.24, 2.45) is 0 Å². The molecule has 1 aromatic carbocycles. The molecule has 0 saturated heterocycles. The number of nitrogens with zero attached hydrogens (tertiary/aromatic N) is 3. The molecule has 3 aromatic rings. The molecule has 0 radical (unpaired) electrons. The lowest BCUT2D eigenvalue weighted by Crippen LogP contribution is -2.08. The van der Waals surface area contributed by atoms with Crippen LogP contribution in [-0.4, -0.2) is 25.8 Å². The van der Waals surface area contributed by atoms with Crippen molar-refractivity contribution in [3.8, 4) is 0 Å². The van der Waals surface area contributed by atoms with Crippen molar-refractivity contribution >= 4 is 16.9 Å². The number of carboxylic acid groups (broad SMARTS) is 1. The molecule has 0 aliphatic carbocycles. The van der Waals surface area contributed by atoms with Crippen LogP contribution in [0.15, 0.2) is 40.9 Å². The number of hydrogen-bond donors (Lipinski definition) is 1. The van der Waals surface area contributed by atoms with Gasteiger partial charge in [-0.3, -0.25) is 0 Å². The first-order chi connectivity index (χ1) is 9.70. The summed E-state index contributed by atoms with van der Waals surface area (Å²) < 4.78 is 7.25. The fourth-order valence-corrected chi connectivity index (χ4v) is 2.32. The summed E-state index contributed by atoms with van der Waals surface area (Å²) in [4.78, 5) is 10.8. The molecule has 2 aromatic heterocycles. The Morgan fingerprint density at radius 3 is 2.85 bits per heavy atom. The molecule has 2 heterocycles. The number of aromatic nitrogens is 3. The second kappa shape index (κ2) is 4.80. The first kappa shape index (κ1) is 12.4. The average Bonchev–Trinajstić information content (AvgIpc) is 3.08. The summed E-state index contributed by atoms with van der Waals surface area (Å²) in [6.45, 7) is 1.99. The summed E-state index contributed by atoms with van der Waals surface area (Å²) in [6, 6.07) is 9.80. The summed E-state index contributed by atoms with van der Waals surface area (Å²) in [5.41, 5.74) is 1.05. The van der Waals surface area contributed by atoms with Crippen LogP contribution in [0.2, 0.25) is 0 Å². The van der Waals surface area contributed by atoms with Gasteiger partial charge in [0.15, 0.2) is 0 Å². The average molecular weight is 271 g/mol. The molecule has 0 spiro atoms. The highest BCUT2D eigenvalue weighted by Gasteiger charge is 2.22. The number of fused-ring (bicyclic) bond motifs is 1. The Bertz CT molecular complexity index is 760. The van der Waals surface area contributed by atoms with Crippen molar-refractivity contribution in [2.45, 2.75) is 19.4 Å². The Balaban J connectivity index is 2.06. The maximum atomic E-state index is 10.8. The van der Waals surface area contributed by atoms with Crippen molar-refractivity contribution in [3.05, 3.63) is 48.3 Å². The zero-order valence-electron chi connectivity index (χ0n) is 10.9. The monoisotopic (exact) mass is 271 g/mol. The van der Waals surface area contributed by atoms with Crippen molar-refractivity contribution in [1.82, 2.24) is 14.8 Å². The molecular formula is C14H13N3O3. The van der Waals surface area contributed by atoms with Crippen LogP contribution in [0.1, 0.15) is 36.0 Å². The normalized spacial score (nSPS) is 12.7. The van der Waals surface area contributed by atoms with Crippen LogP contribution in [0.25, 0.3) is 10.9 Å². The van der Waals surface area contributed by atoms with Gasteiger partial charge in [-0.15, -0.1) is 10.2 Å². The van der Waals surface area contributed by atoms with Gasteiger partial charge in [0.2, 0.25) is 5.89 Å². The zero-order chi connectivity index (χ0) is 14.1. The highest BCUT2D eigenvalue weighted by atomic mass is 16.4. The van der Waals surface area contributed by atoms with E-state index in [4.69, 9.17) is 9.52 Å². The molecule has 6 heteroatoms. The molecule has 1 N–H and O–H groups in total. The van der Waals surface area contributed by atoms with E-state index < -0.39 is 5.97 Å². The Morgan fingerprint density at radius 1 is 1.35 bits per heavy atom. The Morgan fingerprint density at radius 2 is 2.15 bits per heavy atom. The second-order valence-corrected chi connectivity index (χ2v) is 4.46. The standard InChI is InChI=1S/C14H13N3O3/c1-2-10(12-15-16-13(20-12)14(18)19)17-8-7-9-5-3-4-6-11(9)17/h3-8,10H,2H2,1H3,(H,18,19). The number of carboxylic acids is 1. The molecule has 0 bridgehead atoms. The molecule has 0 aliphatic heterocycles. The van der Waals surface area contributed by atoms with Crippen LogP contribution in [0, 0.1) is 0 Å². The van der Waals surface area contributed by atoms with Gasteiger partial charge < -0.3 is 14.1 Å². The minimum absolute atomic E-state index is 0.171. The highest BCUT2D eigenvalue weighted by molar-refractivity contribution is 5.82. The SMILES string of the molecule is CCC(c1nnc(C(=O)O)o1)n1ccc2ccccc21. The van der Waals surface area contributed by atoms with Crippen molar-refractivity contribution in [3.63, 3.8) is 0 Å². The number of aromatic carboxylic acids is 1. The van der Waals surface area contributed by atoms with Gasteiger partial charge in [0.1, 0.15) is 6.04 Å². The van der Waals surface area contributed by atoms with Gasteiger partial charge in [0.05, 0.1) is 0 Å². The highest BCUT2D eigenvalue weighted by Crippen LogP contribution is 2.26. The lowest BCUT2D eigenvalue weighted by atomic mass is 10.2. The molecule has 0 aliphatic rings. The van der Waals surface area contributed by atoms with E-state index in [2.05, 4.69) is 10.2 Å². The molecule has 0 amide bonds. The van der Waals surface area contributed by atoms with E-state index >= 15 is 0 Å². The van der Waals surface area contributed by atoms with Crippen LogP contribution in [0.5, 0.6) is 0 Å². The molecule has 1 atom stereocenters. The third-order valence-corrected chi connectivity index (χ3v) is 3.26. The molecule has 102 valence electrons. The first-order valence-electron chi connectivity index (χ1n) is 6.33. The minimum atomic E-state index is -1.21. The zero-order valence-corrected chi connectivity index (χ0v) is 10.9. The van der Waals surface area contributed by atoms with E-state index in [0.29, 0.717) is 5.89 Å². The van der Waals surface area contributed by atoms with Crippen molar-refractivity contribution < 1.29 is 14.3 Å². The molecule has 3 rings (SSSR count). The van der Waals surface area contributed by atoms with E-state index in [1.54, 1.807) is 0 Å². The Hall–Kier alpha value is -2.63. The first-order valence-corrected chi connectivity index (χ1v) is 6.33. The van der Waals surface area contributed by atoms with E-state index in [1.807, 2.05) is 48.0 Å². The summed E-state index contributed by atoms with van der Waals surface area (Å²) in [6.07, 6.45) is 2.67. The maximum Gasteiger partial charge on any atom is 0.393 e. The third kappa shape index (κ3) is 1.95. The number of carbonyl (C=O) groups is 1. The Kier molecular flexibility index (Phi) is 2.98. The van der Waals surface area contributed by atoms with Gasteiger partial charge >= 0.3 is 11.9 Å². The van der Waals surface area contributed by atoms with E-state index in [-0.39, 0.29) is 11.9 Å². The second-order valence-electron chi connectivity index (χ2n) is 4.46. The number of benzene rings is 1. The topological polar surface area (TPSA) is 81.2 Å². The summed E-state index contributed by atoms with van der Waals surface area (Å²) >= 11 is 0. The van der Waals surface area contributed by atoms with Crippen molar-refractivity contribution in [2.75, 3.05) is 0 Å². The van der Waals surface area contributed by atoms with E-state index in [9.17, 15) is 4.79 Å². The number of hydrogen-bond acceptors (Lipinski definition) is 4. The maximum absolute atomic E-state index is 10.8.